The van der Waals surface area contributed by atoms with Crippen LogP contribution in [0.5, 0.6) is 5.75 Å². The van der Waals surface area contributed by atoms with Gasteiger partial charge in [-0.25, -0.2) is 0 Å². The van der Waals surface area contributed by atoms with Crippen LogP contribution in [-0.2, 0) is 28.2 Å². The number of aliphatic hydroxyl groups is 4. The molecule has 0 saturated carbocycles. The molecule has 214 valence electrons. The lowest BCUT2D eigenvalue weighted by molar-refractivity contribution is -0.366. The Labute approximate surface area is 235 Å². The molecule has 8 heteroatoms. The molecule has 0 spiro atoms. The van der Waals surface area contributed by atoms with E-state index in [-0.39, 0.29) is 5.92 Å². The van der Waals surface area contributed by atoms with Gasteiger partial charge >= 0.3 is 0 Å². The van der Waals surface area contributed by atoms with Gasteiger partial charge in [0.2, 0.25) is 5.79 Å². The summed E-state index contributed by atoms with van der Waals surface area (Å²) in [6.45, 7) is 5.93. The second kappa shape index (κ2) is 11.9. The van der Waals surface area contributed by atoms with Gasteiger partial charge in [-0.15, -0.1) is 0 Å². The van der Waals surface area contributed by atoms with E-state index in [0.29, 0.717) is 18.6 Å². The summed E-state index contributed by atoms with van der Waals surface area (Å²) in [5.41, 5.74) is 6.04. The van der Waals surface area contributed by atoms with Crippen molar-refractivity contribution in [1.29, 1.82) is 0 Å². The van der Waals surface area contributed by atoms with E-state index in [2.05, 4.69) is 55.1 Å². The summed E-state index contributed by atoms with van der Waals surface area (Å²) in [6, 6.07) is 22.4. The molecule has 5 rings (SSSR count). The molecule has 8 nitrogen and oxygen atoms in total. The normalized spacial score (nSPS) is 26.4. The zero-order valence-electron chi connectivity index (χ0n) is 23.2. The molecule has 0 aromatic heterocycles. The van der Waals surface area contributed by atoms with Gasteiger partial charge in [0.1, 0.15) is 36.8 Å². The zero-order chi connectivity index (χ0) is 28.4. The van der Waals surface area contributed by atoms with Crippen LogP contribution in [0.4, 0.5) is 5.69 Å². The number of fused-ring (bicyclic) bond motifs is 1. The van der Waals surface area contributed by atoms with Crippen LogP contribution in [0, 0.1) is 0 Å². The SMILES string of the molecule is COC1(c2ccc(C(C)C)c(Cc3ccc4c(c3)N(Cc3ccccc3)CCO4)c2)O[C@H](CO)[C@@H](O)[C@H](O)[C@H]1O. The van der Waals surface area contributed by atoms with Gasteiger partial charge in [-0.1, -0.05) is 62.4 Å². The third-order valence-corrected chi connectivity index (χ3v) is 8.01. The summed E-state index contributed by atoms with van der Waals surface area (Å²) in [7, 11) is 1.38. The lowest BCUT2D eigenvalue weighted by Crippen LogP contribution is -2.64. The molecule has 3 aromatic carbocycles. The first-order valence-electron chi connectivity index (χ1n) is 13.8. The summed E-state index contributed by atoms with van der Waals surface area (Å²) >= 11 is 0. The molecule has 3 aromatic rings. The van der Waals surface area contributed by atoms with Crippen molar-refractivity contribution in [1.82, 2.24) is 0 Å². The Bertz CT molecular complexity index is 1300. The number of hydrogen-bond donors (Lipinski definition) is 4. The summed E-state index contributed by atoms with van der Waals surface area (Å²) in [5.74, 6) is -0.664. The molecule has 1 saturated heterocycles. The number of ether oxygens (including phenoxy) is 3. The molecule has 40 heavy (non-hydrogen) atoms. The van der Waals surface area contributed by atoms with Crippen molar-refractivity contribution in [3.63, 3.8) is 0 Å². The predicted octanol–water partition coefficient (Wildman–Crippen LogP) is 3.07. The van der Waals surface area contributed by atoms with Crippen LogP contribution >= 0.6 is 0 Å². The maximum absolute atomic E-state index is 11.0. The molecule has 0 aliphatic carbocycles. The van der Waals surface area contributed by atoms with Crippen LogP contribution in [0.1, 0.15) is 47.6 Å². The summed E-state index contributed by atoms with van der Waals surface area (Å²) in [5, 5.41) is 41.7. The Morgan fingerprint density at radius 2 is 1.75 bits per heavy atom. The van der Waals surface area contributed by atoms with Gasteiger partial charge in [0, 0.05) is 19.2 Å². The number of anilines is 1. The molecule has 2 heterocycles. The largest absolute Gasteiger partial charge is 0.490 e. The molecule has 2 aliphatic heterocycles. The van der Waals surface area contributed by atoms with E-state index in [1.54, 1.807) is 0 Å². The maximum atomic E-state index is 11.0. The molecule has 0 amide bonds. The van der Waals surface area contributed by atoms with Crippen molar-refractivity contribution in [3.8, 4) is 5.75 Å². The monoisotopic (exact) mass is 549 g/mol. The van der Waals surface area contributed by atoms with Gasteiger partial charge in [0.25, 0.3) is 0 Å². The smallest absolute Gasteiger partial charge is 0.224 e. The Morgan fingerprint density at radius 1 is 0.975 bits per heavy atom. The minimum absolute atomic E-state index is 0.230. The summed E-state index contributed by atoms with van der Waals surface area (Å²) in [4.78, 5) is 2.34. The lowest BCUT2D eigenvalue weighted by atomic mass is 9.84. The molecule has 0 radical (unpaired) electrons. The van der Waals surface area contributed by atoms with E-state index >= 15 is 0 Å². The van der Waals surface area contributed by atoms with Crippen LogP contribution in [0.15, 0.2) is 66.7 Å². The summed E-state index contributed by atoms with van der Waals surface area (Å²) in [6.07, 6.45) is -5.09. The fourth-order valence-corrected chi connectivity index (χ4v) is 5.82. The number of benzene rings is 3. The second-order valence-electron chi connectivity index (χ2n) is 10.9. The summed E-state index contributed by atoms with van der Waals surface area (Å²) < 4.78 is 17.6. The Morgan fingerprint density at radius 3 is 2.45 bits per heavy atom. The maximum Gasteiger partial charge on any atom is 0.224 e. The minimum atomic E-state index is -1.76. The first-order valence-corrected chi connectivity index (χ1v) is 13.8. The minimum Gasteiger partial charge on any atom is -0.490 e. The van der Waals surface area contributed by atoms with Gasteiger partial charge in [0.15, 0.2) is 0 Å². The molecule has 1 unspecified atom stereocenters. The molecular formula is C32H39NO7. The van der Waals surface area contributed by atoms with Crippen LogP contribution in [0.2, 0.25) is 0 Å². The Hall–Kier alpha value is -2.98. The van der Waals surface area contributed by atoms with E-state index in [1.807, 2.05) is 30.3 Å². The quantitative estimate of drug-likeness (QED) is 0.339. The zero-order valence-corrected chi connectivity index (χ0v) is 23.2. The molecule has 1 fully saturated rings. The first kappa shape index (κ1) is 28.5. The van der Waals surface area contributed by atoms with Crippen molar-refractivity contribution in [3.05, 3.63) is 94.5 Å². The molecule has 2 aliphatic rings. The van der Waals surface area contributed by atoms with Crippen molar-refractivity contribution >= 4 is 5.69 Å². The van der Waals surface area contributed by atoms with Gasteiger partial charge in [-0.05, 0) is 52.8 Å². The van der Waals surface area contributed by atoms with Crippen LogP contribution in [-0.4, -0.2) is 71.7 Å². The van der Waals surface area contributed by atoms with Crippen LogP contribution in [0.3, 0.4) is 0 Å². The highest BCUT2D eigenvalue weighted by Gasteiger charge is 2.55. The number of aliphatic hydroxyl groups excluding tert-OH is 4. The fourth-order valence-electron chi connectivity index (χ4n) is 5.82. The topological polar surface area (TPSA) is 112 Å². The molecule has 0 bridgehead atoms. The number of nitrogens with zero attached hydrogens (tertiary/aromatic N) is 1. The average molecular weight is 550 g/mol. The van der Waals surface area contributed by atoms with E-state index < -0.39 is 36.8 Å². The van der Waals surface area contributed by atoms with Crippen molar-refractivity contribution in [2.75, 3.05) is 31.8 Å². The van der Waals surface area contributed by atoms with Crippen LogP contribution < -0.4 is 9.64 Å². The van der Waals surface area contributed by atoms with Crippen molar-refractivity contribution < 1.29 is 34.6 Å². The third kappa shape index (κ3) is 5.35. The van der Waals surface area contributed by atoms with Gasteiger partial charge < -0.3 is 39.5 Å². The van der Waals surface area contributed by atoms with E-state index in [4.69, 9.17) is 14.2 Å². The number of methoxy groups -OCH3 is 1. The number of hydrogen-bond acceptors (Lipinski definition) is 8. The third-order valence-electron chi connectivity index (χ3n) is 8.01. The van der Waals surface area contributed by atoms with Crippen molar-refractivity contribution in [2.24, 2.45) is 0 Å². The predicted molar refractivity (Wildman–Crippen MR) is 151 cm³/mol. The van der Waals surface area contributed by atoms with E-state index in [1.165, 1.54) is 12.7 Å². The molecular weight excluding hydrogens is 510 g/mol. The van der Waals surface area contributed by atoms with Crippen LogP contribution in [0.25, 0.3) is 0 Å². The first-order chi connectivity index (χ1) is 19.3. The lowest BCUT2D eigenvalue weighted by Gasteiger charge is -2.47. The standard InChI is InChI=1S/C32H39NO7/c1-20(2)25-11-10-24(32(38-3)31(37)30(36)29(35)28(19-34)40-32)17-23(25)15-22-9-12-27-26(16-22)33(13-14-39-27)18-21-7-5-4-6-8-21/h4-12,16-17,20,28-31,34-37H,13-15,18-19H2,1-3H3/t28-,29-,30+,31-,32?/m1/s1. The fraction of sp³-hybridized carbons (Fsp3) is 0.438. The van der Waals surface area contributed by atoms with Crippen molar-refractivity contribution in [2.45, 2.75) is 62.9 Å². The molecule has 5 atom stereocenters. The highest BCUT2D eigenvalue weighted by atomic mass is 16.7. The van der Waals surface area contributed by atoms with E-state index in [9.17, 15) is 20.4 Å². The molecule has 4 N–H and O–H groups in total. The highest BCUT2D eigenvalue weighted by molar-refractivity contribution is 5.62. The Balaban J connectivity index is 1.50. The highest BCUT2D eigenvalue weighted by Crippen LogP contribution is 2.41. The Kier molecular flexibility index (Phi) is 8.47. The second-order valence-corrected chi connectivity index (χ2v) is 10.9. The average Bonchev–Trinajstić information content (AvgIpc) is 2.97. The van der Waals surface area contributed by atoms with E-state index in [0.717, 1.165) is 41.2 Å². The van der Waals surface area contributed by atoms with Gasteiger partial charge in [-0.3, -0.25) is 0 Å². The number of rotatable bonds is 8. The van der Waals surface area contributed by atoms with Gasteiger partial charge in [0.05, 0.1) is 18.8 Å². The van der Waals surface area contributed by atoms with Gasteiger partial charge in [-0.2, -0.15) is 0 Å².